The largest absolute Gasteiger partial charge is 0.281 e. The molecule has 0 bridgehead atoms. The van der Waals surface area contributed by atoms with Crippen molar-refractivity contribution in [3.8, 4) is 0 Å². The highest BCUT2D eigenvalue weighted by molar-refractivity contribution is 7.89. The number of nitrogens with two attached hydrogens (primary N) is 1. The average molecular weight is 339 g/mol. The van der Waals surface area contributed by atoms with E-state index >= 15 is 0 Å². The van der Waals surface area contributed by atoms with Gasteiger partial charge in [0.2, 0.25) is 10.0 Å². The van der Waals surface area contributed by atoms with Gasteiger partial charge in [-0.1, -0.05) is 6.92 Å². The first-order valence-corrected chi connectivity index (χ1v) is 10.6. The Morgan fingerprint density at radius 2 is 1.62 bits per heavy atom. The molecule has 2 aliphatic heterocycles. The minimum absolute atomic E-state index is 0.143. The van der Waals surface area contributed by atoms with Gasteiger partial charge in [-0.25, -0.2) is 13.6 Å². The summed E-state index contributed by atoms with van der Waals surface area (Å²) in [6, 6.07) is 0. The molecule has 2 rings (SSSR count). The van der Waals surface area contributed by atoms with Crippen LogP contribution in [0.2, 0.25) is 0 Å². The van der Waals surface area contributed by atoms with Crippen molar-refractivity contribution in [1.29, 1.82) is 0 Å². The summed E-state index contributed by atoms with van der Waals surface area (Å²) >= 11 is 0. The second-order valence-corrected chi connectivity index (χ2v) is 9.87. The van der Waals surface area contributed by atoms with Crippen LogP contribution in [0.5, 0.6) is 0 Å². The molecule has 0 spiro atoms. The molecule has 2 saturated heterocycles. The highest BCUT2D eigenvalue weighted by Gasteiger charge is 2.35. The second-order valence-electron chi connectivity index (χ2n) is 6.29. The number of sulfonamides is 1. The zero-order valence-electron chi connectivity index (χ0n) is 12.4. The van der Waals surface area contributed by atoms with Crippen LogP contribution in [0, 0.1) is 11.8 Å². The lowest BCUT2D eigenvalue weighted by atomic mass is 10.0. The lowest BCUT2D eigenvalue weighted by Crippen LogP contribution is -2.50. The van der Waals surface area contributed by atoms with E-state index in [0.29, 0.717) is 38.4 Å². The topological polar surface area (TPSA) is 101 Å². The number of rotatable bonds is 4. The molecule has 2 aliphatic rings. The maximum Gasteiger partial charge on any atom is 0.281 e. The Balaban J connectivity index is 2.02. The van der Waals surface area contributed by atoms with Crippen LogP contribution in [0.15, 0.2) is 0 Å². The Morgan fingerprint density at radius 3 is 2.19 bits per heavy atom. The third-order valence-electron chi connectivity index (χ3n) is 4.34. The summed E-state index contributed by atoms with van der Waals surface area (Å²) in [6.45, 7) is 3.97. The van der Waals surface area contributed by atoms with E-state index in [4.69, 9.17) is 5.14 Å². The summed E-state index contributed by atoms with van der Waals surface area (Å²) in [5.74, 6) is 0.218. The molecular formula is C12H25N3O4S2. The van der Waals surface area contributed by atoms with Crippen LogP contribution in [0.3, 0.4) is 0 Å². The Hall–Kier alpha value is -0.220. The fraction of sp³-hybridized carbons (Fsp3) is 1.00. The maximum absolute atomic E-state index is 12.6. The molecule has 0 aromatic carbocycles. The smallest absolute Gasteiger partial charge is 0.229 e. The monoisotopic (exact) mass is 339 g/mol. The van der Waals surface area contributed by atoms with Crippen molar-refractivity contribution in [2.75, 3.05) is 31.9 Å². The van der Waals surface area contributed by atoms with Crippen molar-refractivity contribution in [3.63, 3.8) is 0 Å². The highest BCUT2D eigenvalue weighted by atomic mass is 32.2. The van der Waals surface area contributed by atoms with Gasteiger partial charge >= 0.3 is 0 Å². The molecule has 1 unspecified atom stereocenters. The quantitative estimate of drug-likeness (QED) is 0.777. The molecule has 0 amide bonds. The van der Waals surface area contributed by atoms with Crippen molar-refractivity contribution in [2.45, 2.75) is 32.6 Å². The van der Waals surface area contributed by atoms with E-state index < -0.39 is 20.2 Å². The Labute approximate surface area is 127 Å². The van der Waals surface area contributed by atoms with Gasteiger partial charge in [-0.3, -0.25) is 0 Å². The van der Waals surface area contributed by atoms with E-state index in [-0.39, 0.29) is 18.2 Å². The number of hydrogen-bond donors (Lipinski definition) is 1. The summed E-state index contributed by atoms with van der Waals surface area (Å²) in [7, 11) is -7.03. The normalized spacial score (nSPS) is 27.8. The van der Waals surface area contributed by atoms with E-state index in [1.807, 2.05) is 0 Å². The molecule has 21 heavy (non-hydrogen) atoms. The molecule has 0 radical (unpaired) electrons. The lowest BCUT2D eigenvalue weighted by Gasteiger charge is -2.37. The van der Waals surface area contributed by atoms with Gasteiger partial charge in [0.1, 0.15) is 0 Å². The molecule has 0 aliphatic carbocycles. The minimum Gasteiger partial charge on any atom is -0.229 e. The molecule has 7 nitrogen and oxygen atoms in total. The van der Waals surface area contributed by atoms with Gasteiger partial charge in [0, 0.05) is 26.2 Å². The lowest BCUT2D eigenvalue weighted by molar-refractivity contribution is 0.233. The van der Waals surface area contributed by atoms with Gasteiger partial charge in [0.15, 0.2) is 0 Å². The first-order valence-electron chi connectivity index (χ1n) is 7.44. The molecular weight excluding hydrogens is 314 g/mol. The highest BCUT2D eigenvalue weighted by Crippen LogP contribution is 2.25. The van der Waals surface area contributed by atoms with Crippen LogP contribution >= 0.6 is 0 Å². The zero-order chi connectivity index (χ0) is 15.7. The van der Waals surface area contributed by atoms with E-state index in [2.05, 4.69) is 6.92 Å². The van der Waals surface area contributed by atoms with E-state index in [9.17, 15) is 16.8 Å². The van der Waals surface area contributed by atoms with Crippen LogP contribution < -0.4 is 5.14 Å². The molecule has 0 aromatic rings. The third-order valence-corrected chi connectivity index (χ3v) is 7.28. The summed E-state index contributed by atoms with van der Waals surface area (Å²) in [6.07, 6.45) is 3.16. The van der Waals surface area contributed by atoms with Gasteiger partial charge in [-0.05, 0) is 37.5 Å². The van der Waals surface area contributed by atoms with Gasteiger partial charge in [-0.15, -0.1) is 0 Å². The Morgan fingerprint density at radius 1 is 1.00 bits per heavy atom. The SMILES string of the molecule is CC1CCN(S(=O)(=O)N2CCCC(CS(N)(=O)=O)C2)CC1. The molecule has 1 atom stereocenters. The molecule has 2 fully saturated rings. The summed E-state index contributed by atoms with van der Waals surface area (Å²) in [5, 5.41) is 5.07. The second kappa shape index (κ2) is 6.49. The van der Waals surface area contributed by atoms with Crippen molar-refractivity contribution >= 4 is 20.2 Å². The van der Waals surface area contributed by atoms with Gasteiger partial charge in [-0.2, -0.15) is 17.0 Å². The predicted molar refractivity (Wildman–Crippen MR) is 81.2 cm³/mol. The maximum atomic E-state index is 12.6. The van der Waals surface area contributed by atoms with Gasteiger partial charge in [0.25, 0.3) is 10.2 Å². The number of piperidine rings is 2. The van der Waals surface area contributed by atoms with Crippen molar-refractivity contribution in [3.05, 3.63) is 0 Å². The van der Waals surface area contributed by atoms with Gasteiger partial charge in [0.05, 0.1) is 5.75 Å². The predicted octanol–water partition coefficient (Wildman–Crippen LogP) is -0.0364. The minimum atomic E-state index is -3.56. The molecule has 0 saturated carbocycles. The van der Waals surface area contributed by atoms with Crippen molar-refractivity contribution < 1.29 is 16.8 Å². The van der Waals surface area contributed by atoms with Crippen LogP contribution in [0.1, 0.15) is 32.6 Å². The Kier molecular flexibility index (Phi) is 5.30. The van der Waals surface area contributed by atoms with E-state index in [1.54, 1.807) is 0 Å². The standard InChI is InChI=1S/C12H25N3O4S2/c1-11-4-7-14(8-5-11)21(18,19)15-6-2-3-12(9-15)10-20(13,16)17/h11-12H,2-10H2,1H3,(H2,13,16,17). The molecule has 0 aromatic heterocycles. The van der Waals surface area contributed by atoms with Crippen molar-refractivity contribution in [2.24, 2.45) is 17.0 Å². The van der Waals surface area contributed by atoms with Crippen LogP contribution in [0.25, 0.3) is 0 Å². The van der Waals surface area contributed by atoms with Crippen LogP contribution in [-0.4, -0.2) is 57.4 Å². The molecule has 2 heterocycles. The first-order chi connectivity index (χ1) is 9.68. The summed E-state index contributed by atoms with van der Waals surface area (Å²) in [5.41, 5.74) is 0. The number of primary sulfonamides is 1. The summed E-state index contributed by atoms with van der Waals surface area (Å²) in [4.78, 5) is 0. The van der Waals surface area contributed by atoms with Crippen LogP contribution in [-0.2, 0) is 20.2 Å². The van der Waals surface area contributed by atoms with Gasteiger partial charge < -0.3 is 0 Å². The molecule has 9 heteroatoms. The number of hydrogen-bond acceptors (Lipinski definition) is 4. The van der Waals surface area contributed by atoms with Crippen molar-refractivity contribution in [1.82, 2.24) is 8.61 Å². The van der Waals surface area contributed by atoms with E-state index in [1.165, 1.54) is 8.61 Å². The van der Waals surface area contributed by atoms with E-state index in [0.717, 1.165) is 12.8 Å². The molecule has 124 valence electrons. The summed E-state index contributed by atoms with van der Waals surface area (Å²) < 4.78 is 50.6. The molecule has 2 N–H and O–H groups in total. The average Bonchev–Trinajstić information content (AvgIpc) is 2.37. The Bertz CT molecular complexity index is 553. The first kappa shape index (κ1) is 17.1. The fourth-order valence-corrected chi connectivity index (χ4v) is 5.77. The fourth-order valence-electron chi connectivity index (χ4n) is 3.08. The number of nitrogens with zero attached hydrogens (tertiary/aromatic N) is 2. The zero-order valence-corrected chi connectivity index (χ0v) is 14.1. The van der Waals surface area contributed by atoms with Crippen LogP contribution in [0.4, 0.5) is 0 Å². The third kappa shape index (κ3) is 4.62.